The van der Waals surface area contributed by atoms with E-state index in [9.17, 15) is 9.90 Å². The highest BCUT2D eigenvalue weighted by molar-refractivity contribution is 5.79. The van der Waals surface area contributed by atoms with Crippen LogP contribution in [0.2, 0.25) is 0 Å². The Morgan fingerprint density at radius 1 is 1.12 bits per heavy atom. The van der Waals surface area contributed by atoms with Crippen LogP contribution in [0.5, 0.6) is 5.75 Å². The second kappa shape index (κ2) is 8.12. The minimum Gasteiger partial charge on any atom is -0.508 e. The van der Waals surface area contributed by atoms with Gasteiger partial charge in [0.25, 0.3) is 0 Å². The number of amides is 1. The number of nitrogens with one attached hydrogen (secondary N) is 2. The molecule has 1 aliphatic rings. The van der Waals surface area contributed by atoms with Gasteiger partial charge in [-0.1, -0.05) is 6.07 Å². The zero-order valence-corrected chi connectivity index (χ0v) is 14.5. The van der Waals surface area contributed by atoms with Gasteiger partial charge in [0.15, 0.2) is 0 Å². The van der Waals surface area contributed by atoms with E-state index in [0.717, 1.165) is 42.4 Å². The summed E-state index contributed by atoms with van der Waals surface area (Å²) in [6.45, 7) is 0.343. The summed E-state index contributed by atoms with van der Waals surface area (Å²) in [4.78, 5) is 16.4. The van der Waals surface area contributed by atoms with Crippen molar-refractivity contribution in [2.75, 3.05) is 7.05 Å². The fraction of sp³-hybridized carbons (Fsp3) is 0.400. The standard InChI is InChI=1S/C20H25N3O2/c1-21-18-5-2-15(3-6-18)20(25)23-13-17-12-16(4-7-19(17)24)14-8-10-22-11-9-14/h4,7-12,15,18,21,24H,2-3,5-6,13H2,1H3,(H,23,25). The summed E-state index contributed by atoms with van der Waals surface area (Å²) < 4.78 is 0. The predicted molar refractivity (Wildman–Crippen MR) is 98.0 cm³/mol. The van der Waals surface area contributed by atoms with Crippen LogP contribution in [0.1, 0.15) is 31.2 Å². The molecule has 1 saturated carbocycles. The van der Waals surface area contributed by atoms with Gasteiger partial charge >= 0.3 is 0 Å². The van der Waals surface area contributed by atoms with E-state index in [-0.39, 0.29) is 17.6 Å². The molecule has 1 aromatic heterocycles. The lowest BCUT2D eigenvalue weighted by molar-refractivity contribution is -0.126. The van der Waals surface area contributed by atoms with Gasteiger partial charge in [-0.2, -0.15) is 0 Å². The van der Waals surface area contributed by atoms with Gasteiger partial charge in [0.2, 0.25) is 5.91 Å². The molecule has 0 spiro atoms. The molecule has 5 nitrogen and oxygen atoms in total. The lowest BCUT2D eigenvalue weighted by atomic mass is 9.85. The molecule has 1 heterocycles. The number of aromatic hydroxyl groups is 1. The van der Waals surface area contributed by atoms with Crippen molar-refractivity contribution in [3.8, 4) is 16.9 Å². The Morgan fingerprint density at radius 3 is 2.52 bits per heavy atom. The smallest absolute Gasteiger partial charge is 0.223 e. The third-order valence-corrected chi connectivity index (χ3v) is 5.05. The van der Waals surface area contributed by atoms with Crippen molar-refractivity contribution in [2.45, 2.75) is 38.3 Å². The summed E-state index contributed by atoms with van der Waals surface area (Å²) in [5, 5.41) is 16.4. The molecule has 0 unspecified atom stereocenters. The number of rotatable bonds is 5. The first-order valence-corrected chi connectivity index (χ1v) is 8.84. The van der Waals surface area contributed by atoms with Gasteiger partial charge in [0.05, 0.1) is 0 Å². The lowest BCUT2D eigenvalue weighted by Crippen LogP contribution is -2.37. The number of pyridine rings is 1. The van der Waals surface area contributed by atoms with Crippen LogP contribution in [0.3, 0.4) is 0 Å². The summed E-state index contributed by atoms with van der Waals surface area (Å²) in [6.07, 6.45) is 7.39. The van der Waals surface area contributed by atoms with Crippen LogP contribution < -0.4 is 10.6 Å². The average Bonchev–Trinajstić information content (AvgIpc) is 2.68. The highest BCUT2D eigenvalue weighted by atomic mass is 16.3. The molecule has 0 radical (unpaired) electrons. The molecule has 3 rings (SSSR count). The van der Waals surface area contributed by atoms with Gasteiger partial charge < -0.3 is 15.7 Å². The van der Waals surface area contributed by atoms with Crippen LogP contribution in [0.15, 0.2) is 42.7 Å². The van der Waals surface area contributed by atoms with E-state index in [1.54, 1.807) is 18.5 Å². The molecule has 0 saturated heterocycles. The van der Waals surface area contributed by atoms with E-state index in [1.807, 2.05) is 31.3 Å². The normalized spacial score (nSPS) is 20.2. The first kappa shape index (κ1) is 17.4. The van der Waals surface area contributed by atoms with E-state index < -0.39 is 0 Å². The zero-order valence-electron chi connectivity index (χ0n) is 14.5. The van der Waals surface area contributed by atoms with Crippen molar-refractivity contribution in [1.82, 2.24) is 15.6 Å². The third-order valence-electron chi connectivity index (χ3n) is 5.05. The summed E-state index contributed by atoms with van der Waals surface area (Å²) in [7, 11) is 1.98. The van der Waals surface area contributed by atoms with Gasteiger partial charge in [-0.05, 0) is 68.1 Å². The fourth-order valence-corrected chi connectivity index (χ4v) is 3.42. The number of carbonyl (C=O) groups excluding carboxylic acids is 1. The van der Waals surface area contributed by atoms with Crippen molar-refractivity contribution >= 4 is 5.91 Å². The number of aromatic nitrogens is 1. The molecule has 25 heavy (non-hydrogen) atoms. The van der Waals surface area contributed by atoms with Gasteiger partial charge in [-0.3, -0.25) is 9.78 Å². The maximum absolute atomic E-state index is 12.4. The highest BCUT2D eigenvalue weighted by Gasteiger charge is 2.25. The molecule has 1 amide bonds. The van der Waals surface area contributed by atoms with Crippen LogP contribution in [0.25, 0.3) is 11.1 Å². The third kappa shape index (κ3) is 4.37. The van der Waals surface area contributed by atoms with Crippen LogP contribution in [-0.2, 0) is 11.3 Å². The summed E-state index contributed by atoms with van der Waals surface area (Å²) >= 11 is 0. The maximum atomic E-state index is 12.4. The van der Waals surface area contributed by atoms with Crippen molar-refractivity contribution in [3.05, 3.63) is 48.3 Å². The Kier molecular flexibility index (Phi) is 5.66. The van der Waals surface area contributed by atoms with Crippen LogP contribution >= 0.6 is 0 Å². The highest BCUT2D eigenvalue weighted by Crippen LogP contribution is 2.27. The van der Waals surface area contributed by atoms with Crippen molar-refractivity contribution in [2.24, 2.45) is 5.92 Å². The topological polar surface area (TPSA) is 74.2 Å². The molecule has 0 bridgehead atoms. The summed E-state index contributed by atoms with van der Waals surface area (Å²) in [6, 6.07) is 9.85. The quantitative estimate of drug-likeness (QED) is 0.783. The van der Waals surface area contributed by atoms with Crippen LogP contribution in [-0.4, -0.2) is 29.1 Å². The molecule has 3 N–H and O–H groups in total. The monoisotopic (exact) mass is 339 g/mol. The van der Waals surface area contributed by atoms with Gasteiger partial charge in [-0.15, -0.1) is 0 Å². The predicted octanol–water partition coefficient (Wildman–Crippen LogP) is 2.85. The molecular formula is C20H25N3O2. The Balaban J connectivity index is 1.62. The minimum atomic E-state index is 0.0788. The molecule has 1 aromatic carbocycles. The molecule has 2 aromatic rings. The van der Waals surface area contributed by atoms with E-state index in [4.69, 9.17) is 0 Å². The Morgan fingerprint density at radius 2 is 1.84 bits per heavy atom. The number of carbonyl (C=O) groups is 1. The number of hydrogen-bond donors (Lipinski definition) is 3. The SMILES string of the molecule is CNC1CCC(C(=O)NCc2cc(-c3ccncc3)ccc2O)CC1. The van der Waals surface area contributed by atoms with E-state index in [2.05, 4.69) is 15.6 Å². The zero-order chi connectivity index (χ0) is 17.6. The van der Waals surface area contributed by atoms with Crippen molar-refractivity contribution in [1.29, 1.82) is 0 Å². The first-order valence-electron chi connectivity index (χ1n) is 8.84. The Hall–Kier alpha value is -2.40. The van der Waals surface area contributed by atoms with Gasteiger partial charge in [0.1, 0.15) is 5.75 Å². The van der Waals surface area contributed by atoms with Gasteiger partial charge in [0, 0.05) is 36.5 Å². The second-order valence-electron chi connectivity index (χ2n) is 6.63. The van der Waals surface area contributed by atoms with Crippen LogP contribution in [0.4, 0.5) is 0 Å². The second-order valence-corrected chi connectivity index (χ2v) is 6.63. The fourth-order valence-electron chi connectivity index (χ4n) is 3.42. The lowest BCUT2D eigenvalue weighted by Gasteiger charge is -2.27. The Bertz CT molecular complexity index is 710. The van der Waals surface area contributed by atoms with E-state index in [1.165, 1.54) is 0 Å². The summed E-state index contributed by atoms with van der Waals surface area (Å²) in [5.74, 6) is 0.371. The number of phenols is 1. The molecule has 0 aliphatic heterocycles. The number of phenolic OH excluding ortho intramolecular Hbond substituents is 1. The van der Waals surface area contributed by atoms with Crippen LogP contribution in [0, 0.1) is 5.92 Å². The molecule has 132 valence electrons. The molecule has 5 heteroatoms. The molecule has 0 atom stereocenters. The van der Waals surface area contributed by atoms with Crippen molar-refractivity contribution < 1.29 is 9.90 Å². The van der Waals surface area contributed by atoms with E-state index in [0.29, 0.717) is 12.6 Å². The van der Waals surface area contributed by atoms with E-state index >= 15 is 0 Å². The summed E-state index contributed by atoms with van der Waals surface area (Å²) in [5.41, 5.74) is 2.76. The Labute approximate surface area is 148 Å². The van der Waals surface area contributed by atoms with Crippen molar-refractivity contribution in [3.63, 3.8) is 0 Å². The first-order chi connectivity index (χ1) is 12.2. The average molecular weight is 339 g/mol. The van der Waals surface area contributed by atoms with Gasteiger partial charge in [-0.25, -0.2) is 0 Å². The number of nitrogens with zero attached hydrogens (tertiary/aromatic N) is 1. The molecule has 1 aliphatic carbocycles. The number of benzene rings is 1. The largest absolute Gasteiger partial charge is 0.508 e. The minimum absolute atomic E-state index is 0.0788. The maximum Gasteiger partial charge on any atom is 0.223 e. The molecule has 1 fully saturated rings. The molecular weight excluding hydrogens is 314 g/mol. The number of hydrogen-bond acceptors (Lipinski definition) is 4.